The minimum Gasteiger partial charge on any atom is -0.496 e. The third-order valence-corrected chi connectivity index (χ3v) is 4.24. The quantitative estimate of drug-likeness (QED) is 0.447. The van der Waals surface area contributed by atoms with Gasteiger partial charge in [0.1, 0.15) is 5.75 Å². The van der Waals surface area contributed by atoms with Crippen LogP contribution in [-0.4, -0.2) is 19.2 Å². The van der Waals surface area contributed by atoms with E-state index in [0.29, 0.717) is 11.5 Å². The second kappa shape index (κ2) is 8.10. The van der Waals surface area contributed by atoms with Gasteiger partial charge in [-0.05, 0) is 57.8 Å². The van der Waals surface area contributed by atoms with Crippen molar-refractivity contribution in [3.05, 3.63) is 62.7 Å². The van der Waals surface area contributed by atoms with E-state index in [0.717, 1.165) is 14.9 Å². The maximum Gasteiger partial charge on any atom is 0.271 e. The number of ether oxygens (including phenoxy) is 1. The summed E-state index contributed by atoms with van der Waals surface area (Å²) in [6.45, 7) is 4.30. The molecule has 2 rings (SSSR count). The Balaban J connectivity index is 1.99. The van der Waals surface area contributed by atoms with E-state index in [1.54, 1.807) is 31.5 Å². The molecule has 2 aromatic carbocycles. The van der Waals surface area contributed by atoms with Crippen LogP contribution in [0.5, 0.6) is 5.75 Å². The van der Waals surface area contributed by atoms with E-state index < -0.39 is 0 Å². The molecule has 0 unspecified atom stereocenters. The molecular weight excluding hydrogens is 403 g/mol. The highest BCUT2D eigenvalue weighted by Crippen LogP contribution is 2.21. The topological polar surface area (TPSA) is 50.7 Å². The van der Waals surface area contributed by atoms with Gasteiger partial charge >= 0.3 is 0 Å². The fourth-order valence-electron chi connectivity index (χ4n) is 2.00. The average Bonchev–Trinajstić information content (AvgIpc) is 2.55. The van der Waals surface area contributed by atoms with Gasteiger partial charge in [-0.2, -0.15) is 5.10 Å². The van der Waals surface area contributed by atoms with Crippen LogP contribution in [0.25, 0.3) is 0 Å². The molecule has 120 valence electrons. The van der Waals surface area contributed by atoms with E-state index in [4.69, 9.17) is 4.74 Å². The number of halogens is 1. The first kappa shape index (κ1) is 17.5. The van der Waals surface area contributed by atoms with Crippen LogP contribution in [0.3, 0.4) is 0 Å². The van der Waals surface area contributed by atoms with Gasteiger partial charge in [-0.3, -0.25) is 4.79 Å². The Kier molecular flexibility index (Phi) is 6.15. The van der Waals surface area contributed by atoms with E-state index in [1.165, 1.54) is 5.56 Å². The molecule has 0 saturated heterocycles. The molecule has 0 saturated carbocycles. The summed E-state index contributed by atoms with van der Waals surface area (Å²) >= 11 is 2.13. The summed E-state index contributed by atoms with van der Waals surface area (Å²) in [6.07, 6.45) is 1.64. The van der Waals surface area contributed by atoms with Crippen molar-refractivity contribution in [2.75, 3.05) is 7.11 Å². The smallest absolute Gasteiger partial charge is 0.271 e. The maximum atomic E-state index is 12.1. The lowest BCUT2D eigenvalue weighted by Crippen LogP contribution is -2.17. The lowest BCUT2D eigenvalue weighted by atomic mass is 10.0. The zero-order valence-corrected chi connectivity index (χ0v) is 15.5. The monoisotopic (exact) mass is 422 g/mol. The van der Waals surface area contributed by atoms with Crippen molar-refractivity contribution in [2.45, 2.75) is 19.8 Å². The van der Waals surface area contributed by atoms with E-state index in [-0.39, 0.29) is 5.91 Å². The predicted octanol–water partition coefficient (Wildman–Crippen LogP) is 4.19. The summed E-state index contributed by atoms with van der Waals surface area (Å²) < 4.78 is 6.06. The largest absolute Gasteiger partial charge is 0.496 e. The summed E-state index contributed by atoms with van der Waals surface area (Å²) in [5.41, 5.74) is 5.30. The number of amides is 1. The molecule has 2 aromatic rings. The molecule has 0 aromatic heterocycles. The molecule has 0 atom stereocenters. The Morgan fingerprint density at radius 1 is 1.22 bits per heavy atom. The van der Waals surface area contributed by atoms with Gasteiger partial charge in [-0.15, -0.1) is 0 Å². The van der Waals surface area contributed by atoms with Crippen LogP contribution in [0.1, 0.15) is 41.3 Å². The van der Waals surface area contributed by atoms with E-state index in [2.05, 4.69) is 59.1 Å². The molecule has 0 bridgehead atoms. The number of benzene rings is 2. The zero-order chi connectivity index (χ0) is 16.8. The van der Waals surface area contributed by atoms with Crippen molar-refractivity contribution < 1.29 is 9.53 Å². The van der Waals surface area contributed by atoms with E-state index in [9.17, 15) is 4.79 Å². The van der Waals surface area contributed by atoms with Gasteiger partial charge in [0.15, 0.2) is 0 Å². The predicted molar refractivity (Wildman–Crippen MR) is 101 cm³/mol. The third-order valence-electron chi connectivity index (χ3n) is 3.40. The maximum absolute atomic E-state index is 12.1. The molecule has 0 aliphatic rings. The Bertz CT molecular complexity index is 709. The second-order valence-corrected chi connectivity index (χ2v) is 6.53. The van der Waals surface area contributed by atoms with Crippen LogP contribution in [0.2, 0.25) is 0 Å². The molecule has 1 N–H and O–H groups in total. The van der Waals surface area contributed by atoms with Crippen molar-refractivity contribution in [1.82, 2.24) is 5.43 Å². The van der Waals surface area contributed by atoms with E-state index in [1.807, 2.05) is 12.1 Å². The summed E-state index contributed by atoms with van der Waals surface area (Å²) in [7, 11) is 1.60. The number of nitrogens with one attached hydrogen (secondary N) is 1. The van der Waals surface area contributed by atoms with Crippen molar-refractivity contribution in [3.63, 3.8) is 0 Å². The molecular formula is C18H19IN2O2. The normalized spacial score (nSPS) is 11.0. The first-order chi connectivity index (χ1) is 11.0. The summed E-state index contributed by atoms with van der Waals surface area (Å²) in [5.74, 6) is 0.995. The van der Waals surface area contributed by atoms with Crippen LogP contribution in [-0.2, 0) is 0 Å². The Labute approximate surface area is 150 Å². The summed E-state index contributed by atoms with van der Waals surface area (Å²) in [4.78, 5) is 12.1. The molecule has 23 heavy (non-hydrogen) atoms. The number of carbonyl (C=O) groups excluding carboxylic acids is 1. The highest BCUT2D eigenvalue weighted by molar-refractivity contribution is 14.1. The number of rotatable bonds is 5. The zero-order valence-electron chi connectivity index (χ0n) is 13.3. The Hall–Kier alpha value is -1.89. The molecule has 4 nitrogen and oxygen atoms in total. The van der Waals surface area contributed by atoms with Gasteiger partial charge in [0.05, 0.1) is 16.9 Å². The van der Waals surface area contributed by atoms with Gasteiger partial charge in [0.2, 0.25) is 0 Å². The van der Waals surface area contributed by atoms with Crippen LogP contribution in [0.15, 0.2) is 47.6 Å². The van der Waals surface area contributed by atoms with Gasteiger partial charge in [-0.1, -0.05) is 38.1 Å². The molecule has 5 heteroatoms. The van der Waals surface area contributed by atoms with Crippen molar-refractivity contribution in [3.8, 4) is 5.75 Å². The van der Waals surface area contributed by atoms with Crippen LogP contribution < -0.4 is 10.2 Å². The van der Waals surface area contributed by atoms with Crippen molar-refractivity contribution in [1.29, 1.82) is 0 Å². The van der Waals surface area contributed by atoms with Crippen LogP contribution in [0.4, 0.5) is 0 Å². The number of nitrogens with zero attached hydrogens (tertiary/aromatic N) is 1. The Morgan fingerprint density at radius 3 is 2.48 bits per heavy atom. The minimum absolute atomic E-state index is 0.249. The summed E-state index contributed by atoms with van der Waals surface area (Å²) in [6, 6.07) is 13.4. The number of hydrogen-bond acceptors (Lipinski definition) is 3. The number of methoxy groups -OCH3 is 1. The summed E-state index contributed by atoms with van der Waals surface area (Å²) in [5, 5.41) is 4.01. The number of carbonyl (C=O) groups is 1. The standard InChI is InChI=1S/C18H19IN2O2/c1-12(2)14-6-4-13(5-7-14)11-20-21-18(22)15-8-9-17(23-3)16(19)10-15/h4-12H,1-3H3,(H,21,22)/b20-11-. The lowest BCUT2D eigenvalue weighted by molar-refractivity contribution is 0.0955. The fraction of sp³-hybridized carbons (Fsp3) is 0.222. The van der Waals surface area contributed by atoms with Gasteiger partial charge in [0, 0.05) is 5.56 Å². The third kappa shape index (κ3) is 4.79. The number of hydrazone groups is 1. The molecule has 0 spiro atoms. The highest BCUT2D eigenvalue weighted by atomic mass is 127. The van der Waals surface area contributed by atoms with E-state index >= 15 is 0 Å². The molecule has 0 fully saturated rings. The lowest BCUT2D eigenvalue weighted by Gasteiger charge is -2.05. The molecule has 1 amide bonds. The minimum atomic E-state index is -0.249. The van der Waals surface area contributed by atoms with Crippen molar-refractivity contribution >= 4 is 34.7 Å². The van der Waals surface area contributed by atoms with Crippen LogP contribution >= 0.6 is 22.6 Å². The second-order valence-electron chi connectivity index (χ2n) is 5.37. The molecule has 0 heterocycles. The first-order valence-corrected chi connectivity index (χ1v) is 8.36. The van der Waals surface area contributed by atoms with Gasteiger partial charge < -0.3 is 4.74 Å². The van der Waals surface area contributed by atoms with Gasteiger partial charge in [-0.25, -0.2) is 5.43 Å². The Morgan fingerprint density at radius 2 is 1.91 bits per heavy atom. The number of hydrogen-bond donors (Lipinski definition) is 1. The first-order valence-electron chi connectivity index (χ1n) is 7.28. The molecule has 0 aliphatic carbocycles. The van der Waals surface area contributed by atoms with Crippen LogP contribution in [0, 0.1) is 3.57 Å². The highest BCUT2D eigenvalue weighted by Gasteiger charge is 2.07. The fourth-order valence-corrected chi connectivity index (χ4v) is 2.74. The van der Waals surface area contributed by atoms with Gasteiger partial charge in [0.25, 0.3) is 5.91 Å². The average molecular weight is 422 g/mol. The molecule has 0 radical (unpaired) electrons. The SMILES string of the molecule is COc1ccc(C(=O)N/N=C\c2ccc(C(C)C)cc2)cc1I. The molecule has 0 aliphatic heterocycles. The van der Waals surface area contributed by atoms with Crippen molar-refractivity contribution in [2.24, 2.45) is 5.10 Å².